The summed E-state index contributed by atoms with van der Waals surface area (Å²) in [4.78, 5) is 9.69. The van der Waals surface area contributed by atoms with E-state index in [4.69, 9.17) is 18.6 Å². The standard InChI is InChI=1S/C41H70N6O4SSi/c1-41(2,3)53(38-12-8-6-9-13-38,39-14-10-7-11-15-39)51-34-36-16-18-47-19-17-37(43-40(47)42-36)35-52-33-26-46-24-31-49-29-22-44(4)20-27-48-28-21-45(5)23-30-50-32-25-46/h6-15,36-37,40,42-43H,16-35H2,1-5H3/t36-,37-,40?/m0/s1. The van der Waals surface area contributed by atoms with E-state index in [1.807, 2.05) is 0 Å². The normalized spacial score (nSPS) is 25.3. The van der Waals surface area contributed by atoms with Gasteiger partial charge in [-0.1, -0.05) is 81.4 Å². The molecular formula is C41H70N6O4SSi. The summed E-state index contributed by atoms with van der Waals surface area (Å²) in [5.41, 5.74) is 0. The maximum Gasteiger partial charge on any atom is 0.261 e. The van der Waals surface area contributed by atoms with Gasteiger partial charge < -0.3 is 28.4 Å². The minimum atomic E-state index is -2.56. The predicted octanol–water partition coefficient (Wildman–Crippen LogP) is 2.83. The number of rotatable bonds is 10. The van der Waals surface area contributed by atoms with Crippen LogP contribution in [-0.2, 0) is 18.6 Å². The monoisotopic (exact) mass is 770 g/mol. The molecule has 53 heavy (non-hydrogen) atoms. The summed E-state index contributed by atoms with van der Waals surface area (Å²) in [7, 11) is 1.72. The number of benzene rings is 2. The van der Waals surface area contributed by atoms with Crippen LogP contribution in [0.15, 0.2) is 60.7 Å². The van der Waals surface area contributed by atoms with Crippen LogP contribution in [0.1, 0.15) is 33.6 Å². The van der Waals surface area contributed by atoms with E-state index in [9.17, 15) is 0 Å². The second kappa shape index (κ2) is 22.4. The van der Waals surface area contributed by atoms with Crippen LogP contribution in [0, 0.1) is 0 Å². The third-order valence-electron chi connectivity index (χ3n) is 11.0. The van der Waals surface area contributed by atoms with Crippen molar-refractivity contribution in [3.8, 4) is 0 Å². The fourth-order valence-electron chi connectivity index (χ4n) is 7.69. The summed E-state index contributed by atoms with van der Waals surface area (Å²) in [6, 6.07) is 22.8. The van der Waals surface area contributed by atoms with Crippen molar-refractivity contribution < 1.29 is 18.6 Å². The first-order chi connectivity index (χ1) is 25.7. The van der Waals surface area contributed by atoms with E-state index in [1.165, 1.54) is 16.8 Å². The Morgan fingerprint density at radius 2 is 1.15 bits per heavy atom. The smallest absolute Gasteiger partial charge is 0.261 e. The summed E-state index contributed by atoms with van der Waals surface area (Å²) < 4.78 is 25.2. The van der Waals surface area contributed by atoms with Gasteiger partial charge in [0.1, 0.15) is 6.29 Å². The van der Waals surface area contributed by atoms with Crippen LogP contribution in [0.2, 0.25) is 5.04 Å². The van der Waals surface area contributed by atoms with Crippen LogP contribution in [0.25, 0.3) is 0 Å². The third-order valence-corrected chi connectivity index (χ3v) is 17.2. The molecule has 5 rings (SSSR count). The summed E-state index contributed by atoms with van der Waals surface area (Å²) in [6.07, 6.45) is 2.48. The number of hydrogen-bond donors (Lipinski definition) is 2. The molecule has 3 heterocycles. The molecule has 12 heteroatoms. The number of nitrogens with zero attached hydrogens (tertiary/aromatic N) is 4. The van der Waals surface area contributed by atoms with E-state index >= 15 is 0 Å². The lowest BCUT2D eigenvalue weighted by atomic mass is 10.1. The second-order valence-corrected chi connectivity index (χ2v) is 21.5. The maximum absolute atomic E-state index is 7.33. The minimum absolute atomic E-state index is 0.0213. The molecule has 298 valence electrons. The molecule has 2 N–H and O–H groups in total. The highest BCUT2D eigenvalue weighted by Crippen LogP contribution is 2.37. The van der Waals surface area contributed by atoms with E-state index in [0.717, 1.165) is 116 Å². The van der Waals surface area contributed by atoms with Crippen molar-refractivity contribution in [1.82, 2.24) is 30.2 Å². The summed E-state index contributed by atoms with van der Waals surface area (Å²) in [6.45, 7) is 21.2. The maximum atomic E-state index is 7.33. The molecule has 3 saturated heterocycles. The quantitative estimate of drug-likeness (QED) is 0.277. The number of nitrogens with one attached hydrogen (secondary N) is 2. The highest BCUT2D eigenvalue weighted by atomic mass is 32.2. The number of thioether (sulfide) groups is 1. The van der Waals surface area contributed by atoms with Crippen molar-refractivity contribution in [2.45, 2.75) is 57.0 Å². The summed E-state index contributed by atoms with van der Waals surface area (Å²) in [5.74, 6) is 2.24. The molecule has 3 atom stereocenters. The van der Waals surface area contributed by atoms with Gasteiger partial charge in [-0.3, -0.25) is 20.4 Å². The van der Waals surface area contributed by atoms with E-state index in [-0.39, 0.29) is 11.3 Å². The molecule has 0 bridgehead atoms. The van der Waals surface area contributed by atoms with Crippen molar-refractivity contribution in [3.63, 3.8) is 0 Å². The fraction of sp³-hybridized carbons (Fsp3) is 0.707. The molecule has 0 aromatic heterocycles. The van der Waals surface area contributed by atoms with Crippen molar-refractivity contribution in [3.05, 3.63) is 60.7 Å². The first kappa shape index (κ1) is 42.7. The molecule has 0 amide bonds. The Hall–Kier alpha value is -1.39. The molecule has 0 radical (unpaired) electrons. The molecule has 3 aliphatic heterocycles. The van der Waals surface area contributed by atoms with Gasteiger partial charge in [0.25, 0.3) is 8.32 Å². The number of ether oxygens (including phenoxy) is 3. The van der Waals surface area contributed by atoms with Gasteiger partial charge in [-0.2, -0.15) is 11.8 Å². The average molecular weight is 771 g/mol. The Kier molecular flexibility index (Phi) is 18.0. The van der Waals surface area contributed by atoms with Gasteiger partial charge >= 0.3 is 0 Å². The number of fused-ring (bicyclic) bond motifs is 1. The minimum Gasteiger partial charge on any atom is -0.406 e. The van der Waals surface area contributed by atoms with Crippen LogP contribution in [-0.4, -0.2) is 177 Å². The van der Waals surface area contributed by atoms with Crippen LogP contribution >= 0.6 is 11.8 Å². The Bertz CT molecular complexity index is 1220. The zero-order valence-electron chi connectivity index (χ0n) is 33.5. The Balaban J connectivity index is 1.08. The van der Waals surface area contributed by atoms with E-state index in [2.05, 4.69) is 138 Å². The van der Waals surface area contributed by atoms with Crippen molar-refractivity contribution >= 4 is 30.5 Å². The first-order valence-electron chi connectivity index (χ1n) is 20.2. The molecule has 3 fully saturated rings. The highest BCUT2D eigenvalue weighted by Gasteiger charge is 2.50. The molecule has 0 aliphatic carbocycles. The van der Waals surface area contributed by atoms with Crippen LogP contribution in [0.4, 0.5) is 0 Å². The van der Waals surface area contributed by atoms with Crippen molar-refractivity contribution in [2.24, 2.45) is 0 Å². The van der Waals surface area contributed by atoms with Gasteiger partial charge in [0.2, 0.25) is 0 Å². The van der Waals surface area contributed by atoms with Gasteiger partial charge in [-0.05, 0) is 42.3 Å². The van der Waals surface area contributed by atoms with Gasteiger partial charge in [-0.25, -0.2) is 0 Å². The predicted molar refractivity (Wildman–Crippen MR) is 223 cm³/mol. The lowest BCUT2D eigenvalue weighted by molar-refractivity contribution is 0.0279. The van der Waals surface area contributed by atoms with Crippen LogP contribution < -0.4 is 21.0 Å². The van der Waals surface area contributed by atoms with Crippen molar-refractivity contribution in [1.29, 1.82) is 0 Å². The molecule has 2 aromatic carbocycles. The lowest BCUT2D eigenvalue weighted by Gasteiger charge is -2.48. The molecule has 2 aromatic rings. The Morgan fingerprint density at radius 3 is 1.66 bits per heavy atom. The second-order valence-electron chi connectivity index (χ2n) is 16.1. The zero-order chi connectivity index (χ0) is 37.4. The van der Waals surface area contributed by atoms with E-state index < -0.39 is 8.32 Å². The van der Waals surface area contributed by atoms with E-state index in [1.54, 1.807) is 0 Å². The van der Waals surface area contributed by atoms with Gasteiger partial charge in [0.15, 0.2) is 0 Å². The number of hydrogen-bond acceptors (Lipinski definition) is 11. The molecule has 3 aliphatic rings. The summed E-state index contributed by atoms with van der Waals surface area (Å²) >= 11 is 2.07. The lowest BCUT2D eigenvalue weighted by Crippen LogP contribution is -2.70. The molecule has 10 nitrogen and oxygen atoms in total. The van der Waals surface area contributed by atoms with Crippen molar-refractivity contribution in [2.75, 3.05) is 131 Å². The fourth-order valence-corrected chi connectivity index (χ4v) is 13.4. The molecular weight excluding hydrogens is 701 g/mol. The molecule has 0 spiro atoms. The third kappa shape index (κ3) is 13.4. The first-order valence-corrected chi connectivity index (χ1v) is 23.2. The Labute approximate surface area is 326 Å². The summed E-state index contributed by atoms with van der Waals surface area (Å²) in [5, 5.41) is 10.6. The topological polar surface area (TPSA) is 73.9 Å². The van der Waals surface area contributed by atoms with Gasteiger partial charge in [0, 0.05) is 82.5 Å². The van der Waals surface area contributed by atoms with Gasteiger partial charge in [0.05, 0.1) is 46.2 Å². The molecule has 0 saturated carbocycles. The highest BCUT2D eigenvalue weighted by molar-refractivity contribution is 7.99. The zero-order valence-corrected chi connectivity index (χ0v) is 35.3. The van der Waals surface area contributed by atoms with Crippen LogP contribution in [0.5, 0.6) is 0 Å². The molecule has 1 unspecified atom stereocenters. The van der Waals surface area contributed by atoms with Crippen LogP contribution in [0.3, 0.4) is 0 Å². The SMILES string of the molecule is CN1CCOCCN(C)CCOCCN(CCSC[C@@H]2CCN3CC[C@@H](CO[Si](c4ccccc4)(c4ccccc4)C(C)(C)C)NC3N2)CCOCC1. The number of likely N-dealkylation sites (N-methyl/N-ethyl adjacent to an activating group) is 2. The van der Waals surface area contributed by atoms with E-state index in [0.29, 0.717) is 18.7 Å². The largest absolute Gasteiger partial charge is 0.406 e. The Morgan fingerprint density at radius 1 is 0.679 bits per heavy atom. The average Bonchev–Trinajstić information content (AvgIpc) is 3.15. The van der Waals surface area contributed by atoms with Gasteiger partial charge in [-0.15, -0.1) is 0 Å².